The molecule has 28 heavy (non-hydrogen) atoms. The first kappa shape index (κ1) is 17.2. The molecule has 0 bridgehead atoms. The molecule has 0 fully saturated rings. The highest BCUT2D eigenvalue weighted by molar-refractivity contribution is 6.05. The summed E-state index contributed by atoms with van der Waals surface area (Å²) in [4.78, 5) is 16.3. The lowest BCUT2D eigenvalue weighted by Crippen LogP contribution is -2.06. The molecule has 0 atom stereocenters. The van der Waals surface area contributed by atoms with Crippen molar-refractivity contribution in [2.45, 2.75) is 6.92 Å². The monoisotopic (exact) mass is 372 g/mol. The third-order valence-corrected chi connectivity index (χ3v) is 4.13. The van der Waals surface area contributed by atoms with Gasteiger partial charge >= 0.3 is 0 Å². The molecular weight excluding hydrogens is 359 g/mol. The number of nitrogens with two attached hydrogens (primary N) is 1. The molecule has 0 unspecified atom stereocenters. The van der Waals surface area contributed by atoms with Crippen LogP contribution in [0.1, 0.15) is 18.1 Å². The van der Waals surface area contributed by atoms with Crippen LogP contribution in [0.25, 0.3) is 16.9 Å². The van der Waals surface area contributed by atoms with Crippen molar-refractivity contribution in [3.63, 3.8) is 0 Å². The fourth-order valence-electron chi connectivity index (χ4n) is 2.77. The van der Waals surface area contributed by atoms with E-state index in [4.69, 9.17) is 5.73 Å². The van der Waals surface area contributed by atoms with Crippen LogP contribution in [0.5, 0.6) is 0 Å². The number of anilines is 1. The number of nitriles is 1. The molecule has 0 saturated heterocycles. The first-order valence-electron chi connectivity index (χ1n) is 8.24. The van der Waals surface area contributed by atoms with Gasteiger partial charge in [-0.1, -0.05) is 30.3 Å². The molecule has 3 aromatic heterocycles. The Morgan fingerprint density at radius 3 is 2.75 bits per heavy atom. The number of nitrogen functional groups attached to an aromatic ring is 1. The Balaban J connectivity index is 1.95. The minimum Gasteiger partial charge on any atom is -0.382 e. The summed E-state index contributed by atoms with van der Waals surface area (Å²) in [5.74, 6) is -0.360. The summed E-state index contributed by atoms with van der Waals surface area (Å²) in [5.41, 5.74) is 8.61. The summed E-state index contributed by atoms with van der Waals surface area (Å²) in [6, 6.07) is 13.0. The number of aromatic nitrogens is 5. The van der Waals surface area contributed by atoms with Crippen molar-refractivity contribution in [2.24, 2.45) is 4.99 Å². The number of benzene rings is 1. The Morgan fingerprint density at radius 1 is 1.21 bits per heavy atom. The van der Waals surface area contributed by atoms with Crippen LogP contribution in [0.4, 0.5) is 16.0 Å². The zero-order valence-corrected chi connectivity index (χ0v) is 14.7. The summed E-state index contributed by atoms with van der Waals surface area (Å²) < 4.78 is 15.1. The van der Waals surface area contributed by atoms with E-state index in [1.54, 1.807) is 13.0 Å². The molecular formula is C19H13FN8. The highest BCUT2D eigenvalue weighted by atomic mass is 19.1. The molecule has 0 aliphatic heterocycles. The number of hydrogen-bond donors (Lipinski definition) is 1. The summed E-state index contributed by atoms with van der Waals surface area (Å²) in [5, 5.41) is 13.7. The topological polar surface area (TPSA) is 118 Å². The largest absolute Gasteiger partial charge is 0.382 e. The standard InChI is InChI=1S/C19H13FN8/c1-11(26-19-14(8-21)18(22)24-10-25-19)13-7-16-23-9-15(20)28(16)27-17(13)12-5-3-2-4-6-12/h2-7,9-10H,1H3,(H2,22,24,25). The number of halogens is 1. The van der Waals surface area contributed by atoms with Crippen LogP contribution in [0.15, 0.2) is 53.9 Å². The van der Waals surface area contributed by atoms with Crippen LogP contribution < -0.4 is 5.73 Å². The van der Waals surface area contributed by atoms with Gasteiger partial charge < -0.3 is 5.73 Å². The SMILES string of the molecule is CC(=Nc1ncnc(N)c1C#N)c1cc2ncc(F)n2nc1-c1ccccc1. The number of imidazole rings is 1. The van der Waals surface area contributed by atoms with Gasteiger partial charge in [-0.2, -0.15) is 19.3 Å². The maximum atomic E-state index is 14.0. The Labute approximate surface area is 158 Å². The van der Waals surface area contributed by atoms with Crippen LogP contribution in [0.3, 0.4) is 0 Å². The van der Waals surface area contributed by atoms with Crippen LogP contribution in [-0.2, 0) is 0 Å². The van der Waals surface area contributed by atoms with E-state index in [1.807, 2.05) is 36.4 Å². The quantitative estimate of drug-likeness (QED) is 0.552. The van der Waals surface area contributed by atoms with Crippen molar-refractivity contribution < 1.29 is 4.39 Å². The molecule has 3 heterocycles. The molecule has 2 N–H and O–H groups in total. The molecule has 0 spiro atoms. The predicted octanol–water partition coefficient (Wildman–Crippen LogP) is 2.92. The fraction of sp³-hybridized carbons (Fsp3) is 0.0526. The highest BCUT2D eigenvalue weighted by Gasteiger charge is 2.16. The van der Waals surface area contributed by atoms with Gasteiger partial charge in [0.2, 0.25) is 5.95 Å². The second-order valence-electron chi connectivity index (χ2n) is 5.89. The second-order valence-corrected chi connectivity index (χ2v) is 5.89. The van der Waals surface area contributed by atoms with Gasteiger partial charge in [0.05, 0.1) is 6.20 Å². The molecule has 0 radical (unpaired) electrons. The smallest absolute Gasteiger partial charge is 0.234 e. The molecule has 4 rings (SSSR count). The molecule has 0 aliphatic carbocycles. The fourth-order valence-corrected chi connectivity index (χ4v) is 2.77. The number of fused-ring (bicyclic) bond motifs is 1. The van der Waals surface area contributed by atoms with E-state index in [0.29, 0.717) is 22.6 Å². The van der Waals surface area contributed by atoms with Crippen molar-refractivity contribution in [2.75, 3.05) is 5.73 Å². The third kappa shape index (κ3) is 2.93. The molecule has 0 aliphatic rings. The van der Waals surface area contributed by atoms with Gasteiger partial charge in [-0.15, -0.1) is 0 Å². The molecule has 8 nitrogen and oxygen atoms in total. The van der Waals surface area contributed by atoms with E-state index in [-0.39, 0.29) is 17.2 Å². The van der Waals surface area contributed by atoms with Crippen LogP contribution in [0, 0.1) is 17.3 Å². The van der Waals surface area contributed by atoms with Crippen LogP contribution in [-0.4, -0.2) is 30.3 Å². The van der Waals surface area contributed by atoms with Crippen molar-refractivity contribution in [3.8, 4) is 17.3 Å². The van der Waals surface area contributed by atoms with Crippen molar-refractivity contribution in [1.82, 2.24) is 24.6 Å². The lowest BCUT2D eigenvalue weighted by Gasteiger charge is -2.10. The molecule has 0 saturated carbocycles. The van der Waals surface area contributed by atoms with Gasteiger partial charge in [0.25, 0.3) is 0 Å². The van der Waals surface area contributed by atoms with Crippen LogP contribution in [0.2, 0.25) is 0 Å². The highest BCUT2D eigenvalue weighted by Crippen LogP contribution is 2.26. The number of rotatable bonds is 3. The van der Waals surface area contributed by atoms with Gasteiger partial charge in [0, 0.05) is 16.8 Å². The Kier molecular flexibility index (Phi) is 4.21. The minimum absolute atomic E-state index is 0.0521. The van der Waals surface area contributed by atoms with Gasteiger partial charge in [-0.3, -0.25) is 0 Å². The Hall–Kier alpha value is -4.19. The first-order chi connectivity index (χ1) is 13.6. The maximum Gasteiger partial charge on any atom is 0.234 e. The summed E-state index contributed by atoms with van der Waals surface area (Å²) >= 11 is 0. The zero-order chi connectivity index (χ0) is 19.7. The summed E-state index contributed by atoms with van der Waals surface area (Å²) in [7, 11) is 0. The van der Waals surface area contributed by atoms with E-state index in [0.717, 1.165) is 16.3 Å². The van der Waals surface area contributed by atoms with Crippen molar-refractivity contribution in [1.29, 1.82) is 5.26 Å². The molecule has 4 aromatic rings. The maximum absolute atomic E-state index is 14.0. The molecule has 0 amide bonds. The van der Waals surface area contributed by atoms with E-state index in [1.165, 1.54) is 6.33 Å². The number of nitrogens with zero attached hydrogens (tertiary/aromatic N) is 7. The zero-order valence-electron chi connectivity index (χ0n) is 14.7. The number of aliphatic imine (C=N–C) groups is 1. The van der Waals surface area contributed by atoms with Crippen molar-refractivity contribution in [3.05, 3.63) is 66.0 Å². The van der Waals surface area contributed by atoms with Gasteiger partial charge in [-0.05, 0) is 13.0 Å². The first-order valence-corrected chi connectivity index (χ1v) is 8.24. The molecule has 1 aromatic carbocycles. The third-order valence-electron chi connectivity index (χ3n) is 4.13. The van der Waals surface area contributed by atoms with Gasteiger partial charge in [0.15, 0.2) is 11.5 Å². The minimum atomic E-state index is -0.566. The van der Waals surface area contributed by atoms with Crippen molar-refractivity contribution >= 4 is 23.0 Å². The van der Waals surface area contributed by atoms with Gasteiger partial charge in [-0.25, -0.2) is 19.9 Å². The van der Waals surface area contributed by atoms with Gasteiger partial charge in [0.1, 0.15) is 29.5 Å². The van der Waals surface area contributed by atoms with E-state index >= 15 is 0 Å². The predicted molar refractivity (Wildman–Crippen MR) is 101 cm³/mol. The Morgan fingerprint density at radius 2 is 2.00 bits per heavy atom. The normalized spacial score (nSPS) is 11.5. The average Bonchev–Trinajstić information content (AvgIpc) is 3.08. The van der Waals surface area contributed by atoms with E-state index < -0.39 is 5.95 Å². The average molecular weight is 372 g/mol. The summed E-state index contributed by atoms with van der Waals surface area (Å²) in [6.45, 7) is 1.75. The van der Waals surface area contributed by atoms with E-state index in [2.05, 4.69) is 25.0 Å². The lowest BCUT2D eigenvalue weighted by atomic mass is 10.0. The summed E-state index contributed by atoms with van der Waals surface area (Å²) in [6.07, 6.45) is 2.35. The van der Waals surface area contributed by atoms with Crippen LogP contribution >= 0.6 is 0 Å². The molecule has 136 valence electrons. The van der Waals surface area contributed by atoms with E-state index in [9.17, 15) is 9.65 Å². The lowest BCUT2D eigenvalue weighted by molar-refractivity contribution is 0.549. The molecule has 9 heteroatoms. The Bertz CT molecular complexity index is 1250. The second kappa shape index (κ2) is 6.85. The number of hydrogen-bond acceptors (Lipinski definition) is 7.